The zero-order valence-electron chi connectivity index (χ0n) is 14.5. The number of hydrogen-bond donors (Lipinski definition) is 2. The Kier molecular flexibility index (Phi) is 8.50. The summed E-state index contributed by atoms with van der Waals surface area (Å²) in [6.07, 6.45) is 2.98. The van der Waals surface area contributed by atoms with Crippen LogP contribution in [0.25, 0.3) is 0 Å². The minimum Gasteiger partial charge on any atom is -0.444 e. The van der Waals surface area contributed by atoms with E-state index in [1.165, 1.54) is 0 Å². The first kappa shape index (κ1) is 19.3. The van der Waals surface area contributed by atoms with Crippen molar-refractivity contribution in [2.75, 3.05) is 20.3 Å². The van der Waals surface area contributed by atoms with Crippen molar-refractivity contribution in [1.82, 2.24) is 20.8 Å². The van der Waals surface area contributed by atoms with Crippen LogP contribution in [0, 0.1) is 0 Å². The third-order valence-electron chi connectivity index (χ3n) is 2.96. The number of amides is 1. The van der Waals surface area contributed by atoms with Gasteiger partial charge < -0.3 is 20.1 Å². The fourth-order valence-corrected chi connectivity index (χ4v) is 1.98. The molecular formula is C16H28N4O3. The van der Waals surface area contributed by atoms with Crippen LogP contribution in [0.1, 0.15) is 39.3 Å². The van der Waals surface area contributed by atoms with Crippen molar-refractivity contribution in [1.29, 1.82) is 0 Å². The van der Waals surface area contributed by atoms with Crippen molar-refractivity contribution in [3.8, 4) is 0 Å². The summed E-state index contributed by atoms with van der Waals surface area (Å²) in [7, 11) is 1.68. The zero-order chi connectivity index (χ0) is 17.1. The summed E-state index contributed by atoms with van der Waals surface area (Å²) in [6, 6.07) is 3.98. The van der Waals surface area contributed by atoms with Crippen LogP contribution in [0.2, 0.25) is 0 Å². The van der Waals surface area contributed by atoms with Crippen molar-refractivity contribution in [2.24, 2.45) is 0 Å². The minimum absolute atomic E-state index is 0.197. The number of carbonyl (C=O) groups excluding carboxylic acids is 1. The van der Waals surface area contributed by atoms with E-state index in [2.05, 4.69) is 20.8 Å². The summed E-state index contributed by atoms with van der Waals surface area (Å²) in [4.78, 5) is 11.6. The average molecular weight is 324 g/mol. The van der Waals surface area contributed by atoms with E-state index in [0.717, 1.165) is 18.5 Å². The molecule has 0 radical (unpaired) electrons. The first-order chi connectivity index (χ1) is 10.9. The Morgan fingerprint density at radius 2 is 2.17 bits per heavy atom. The van der Waals surface area contributed by atoms with Crippen LogP contribution in [-0.2, 0) is 16.0 Å². The first-order valence-electron chi connectivity index (χ1n) is 7.86. The van der Waals surface area contributed by atoms with Gasteiger partial charge in [0, 0.05) is 32.4 Å². The maximum atomic E-state index is 11.6. The van der Waals surface area contributed by atoms with Crippen LogP contribution >= 0.6 is 0 Å². The Bertz CT molecular complexity index is 448. The SMILES string of the molecule is COCC(CCCNC(=O)OC(C)(C)C)NCc1cccnn1. The molecule has 7 heteroatoms. The molecule has 2 N–H and O–H groups in total. The topological polar surface area (TPSA) is 85.4 Å². The fourth-order valence-electron chi connectivity index (χ4n) is 1.98. The van der Waals surface area contributed by atoms with E-state index in [9.17, 15) is 4.79 Å². The van der Waals surface area contributed by atoms with Gasteiger partial charge in [-0.3, -0.25) is 0 Å². The predicted molar refractivity (Wildman–Crippen MR) is 88.0 cm³/mol. The Hall–Kier alpha value is -1.73. The Balaban J connectivity index is 2.24. The normalized spacial score (nSPS) is 12.7. The molecule has 0 aliphatic heterocycles. The molecule has 0 bridgehead atoms. The molecule has 1 unspecified atom stereocenters. The molecule has 130 valence electrons. The maximum absolute atomic E-state index is 11.6. The summed E-state index contributed by atoms with van der Waals surface area (Å²) in [6.45, 7) is 7.35. The minimum atomic E-state index is -0.471. The molecule has 1 rings (SSSR count). The standard InChI is InChI=1S/C16H28N4O3/c1-16(2,3)23-15(21)17-9-5-8-14(12-22-4)18-11-13-7-6-10-19-20-13/h6-7,10,14,18H,5,8-9,11-12H2,1-4H3,(H,17,21). The molecule has 0 aliphatic rings. The van der Waals surface area contributed by atoms with Gasteiger partial charge in [-0.05, 0) is 45.7 Å². The second-order valence-electron chi connectivity index (χ2n) is 6.32. The molecule has 0 saturated heterocycles. The Morgan fingerprint density at radius 1 is 1.39 bits per heavy atom. The van der Waals surface area contributed by atoms with Crippen LogP contribution in [0.5, 0.6) is 0 Å². The van der Waals surface area contributed by atoms with Gasteiger partial charge in [0.15, 0.2) is 0 Å². The van der Waals surface area contributed by atoms with Gasteiger partial charge in [0.25, 0.3) is 0 Å². The third-order valence-corrected chi connectivity index (χ3v) is 2.96. The van der Waals surface area contributed by atoms with Crippen LogP contribution in [-0.4, -0.2) is 48.2 Å². The molecule has 1 aromatic heterocycles. The van der Waals surface area contributed by atoms with Gasteiger partial charge in [0.2, 0.25) is 0 Å². The summed E-state index contributed by atoms with van der Waals surface area (Å²) in [5.74, 6) is 0. The molecule has 0 saturated carbocycles. The number of ether oxygens (including phenoxy) is 2. The largest absolute Gasteiger partial charge is 0.444 e. The van der Waals surface area contributed by atoms with Crippen molar-refractivity contribution >= 4 is 6.09 Å². The lowest BCUT2D eigenvalue weighted by atomic mass is 10.1. The molecule has 0 fully saturated rings. The monoisotopic (exact) mass is 324 g/mol. The third kappa shape index (κ3) is 9.80. The number of nitrogens with one attached hydrogen (secondary N) is 2. The van der Waals surface area contributed by atoms with Gasteiger partial charge in [-0.1, -0.05) is 0 Å². The van der Waals surface area contributed by atoms with E-state index in [1.807, 2.05) is 32.9 Å². The lowest BCUT2D eigenvalue weighted by Crippen LogP contribution is -2.35. The number of hydrogen-bond acceptors (Lipinski definition) is 6. The molecule has 0 aliphatic carbocycles. The van der Waals surface area contributed by atoms with Crippen molar-refractivity contribution < 1.29 is 14.3 Å². The van der Waals surface area contributed by atoms with Gasteiger partial charge in [-0.2, -0.15) is 10.2 Å². The molecule has 0 spiro atoms. The summed E-state index contributed by atoms with van der Waals surface area (Å²) in [5.41, 5.74) is 0.418. The molecule has 1 amide bonds. The Labute approximate surface area is 138 Å². The molecule has 23 heavy (non-hydrogen) atoms. The number of carbonyl (C=O) groups is 1. The maximum Gasteiger partial charge on any atom is 0.407 e. The summed E-state index contributed by atoms with van der Waals surface area (Å²) < 4.78 is 10.4. The summed E-state index contributed by atoms with van der Waals surface area (Å²) >= 11 is 0. The van der Waals surface area contributed by atoms with E-state index < -0.39 is 5.60 Å². The highest BCUT2D eigenvalue weighted by Crippen LogP contribution is 2.06. The Morgan fingerprint density at radius 3 is 2.78 bits per heavy atom. The van der Waals surface area contributed by atoms with E-state index >= 15 is 0 Å². The highest BCUT2D eigenvalue weighted by Gasteiger charge is 2.15. The van der Waals surface area contributed by atoms with Crippen molar-refractivity contribution in [3.05, 3.63) is 24.0 Å². The van der Waals surface area contributed by atoms with Crippen molar-refractivity contribution in [2.45, 2.75) is 51.8 Å². The van der Waals surface area contributed by atoms with Gasteiger partial charge in [-0.25, -0.2) is 4.79 Å². The molecule has 1 atom stereocenters. The fraction of sp³-hybridized carbons (Fsp3) is 0.688. The van der Waals surface area contributed by atoms with Gasteiger partial charge >= 0.3 is 6.09 Å². The molecule has 0 aromatic carbocycles. The van der Waals surface area contributed by atoms with E-state index in [1.54, 1.807) is 13.3 Å². The van der Waals surface area contributed by atoms with Crippen LogP contribution in [0.3, 0.4) is 0 Å². The average Bonchev–Trinajstić information content (AvgIpc) is 2.48. The molecule has 7 nitrogen and oxygen atoms in total. The van der Waals surface area contributed by atoms with E-state index in [4.69, 9.17) is 9.47 Å². The lowest BCUT2D eigenvalue weighted by molar-refractivity contribution is 0.0526. The zero-order valence-corrected chi connectivity index (χ0v) is 14.5. The molecule has 1 aromatic rings. The van der Waals surface area contributed by atoms with E-state index in [-0.39, 0.29) is 12.1 Å². The number of rotatable bonds is 9. The van der Waals surface area contributed by atoms with Gasteiger partial charge in [0.05, 0.1) is 12.3 Å². The summed E-state index contributed by atoms with van der Waals surface area (Å²) in [5, 5.41) is 14.0. The highest BCUT2D eigenvalue weighted by molar-refractivity contribution is 5.67. The number of methoxy groups -OCH3 is 1. The number of alkyl carbamates (subject to hydrolysis) is 1. The van der Waals surface area contributed by atoms with E-state index in [0.29, 0.717) is 19.7 Å². The van der Waals surface area contributed by atoms with Gasteiger partial charge in [0.1, 0.15) is 5.60 Å². The highest BCUT2D eigenvalue weighted by atomic mass is 16.6. The number of aromatic nitrogens is 2. The van der Waals surface area contributed by atoms with Crippen LogP contribution in [0.4, 0.5) is 4.79 Å². The van der Waals surface area contributed by atoms with Crippen LogP contribution < -0.4 is 10.6 Å². The number of nitrogens with zero attached hydrogens (tertiary/aromatic N) is 2. The second-order valence-corrected chi connectivity index (χ2v) is 6.32. The van der Waals surface area contributed by atoms with Crippen LogP contribution in [0.15, 0.2) is 18.3 Å². The lowest BCUT2D eigenvalue weighted by Gasteiger charge is -2.20. The molecule has 1 heterocycles. The smallest absolute Gasteiger partial charge is 0.407 e. The predicted octanol–water partition coefficient (Wildman–Crippen LogP) is 1.89. The van der Waals surface area contributed by atoms with Gasteiger partial charge in [-0.15, -0.1) is 0 Å². The first-order valence-corrected chi connectivity index (χ1v) is 7.86. The van der Waals surface area contributed by atoms with Crippen molar-refractivity contribution in [3.63, 3.8) is 0 Å². The second kappa shape index (κ2) is 10.1. The quantitative estimate of drug-likeness (QED) is 0.675. The molecular weight excluding hydrogens is 296 g/mol.